The minimum Gasteiger partial charge on any atom is -0.461 e. The Hall–Kier alpha value is -2.07. The number of esters is 1. The lowest BCUT2D eigenvalue weighted by molar-refractivity contribution is -0.458. The molecular formula is C14H10F17NO4S. The van der Waals surface area contributed by atoms with Crippen molar-refractivity contribution < 1.29 is 92.6 Å². The average Bonchev–Trinajstić information content (AvgIpc) is 2.71. The fourth-order valence-corrected chi connectivity index (χ4v) is 3.04. The first-order chi connectivity index (χ1) is 16.0. The van der Waals surface area contributed by atoms with Gasteiger partial charge in [0.1, 0.15) is 12.5 Å². The van der Waals surface area contributed by atoms with Crippen molar-refractivity contribution in [3.8, 4) is 0 Å². The fraction of sp³-hybridized carbons (Fsp3) is 0.786. The van der Waals surface area contributed by atoms with E-state index in [1.165, 1.54) is 5.32 Å². The molecule has 0 radical (unpaired) electrons. The van der Waals surface area contributed by atoms with Crippen LogP contribution in [0.5, 0.6) is 0 Å². The number of carbonyl (C=O) groups excluding carboxylic acids is 1. The number of sulfone groups is 1. The van der Waals surface area contributed by atoms with Gasteiger partial charge >= 0.3 is 52.9 Å². The number of halogens is 17. The highest BCUT2D eigenvalue weighted by Crippen LogP contribution is 2.64. The number of ether oxygens (including phenoxy) is 1. The lowest BCUT2D eigenvalue weighted by atomic mass is 9.91. The van der Waals surface area contributed by atoms with Crippen LogP contribution < -0.4 is 5.32 Å². The van der Waals surface area contributed by atoms with Gasteiger partial charge in [0, 0.05) is 12.6 Å². The maximum atomic E-state index is 13.8. The molecule has 220 valence electrons. The van der Waals surface area contributed by atoms with Gasteiger partial charge in [-0.25, -0.2) is 13.2 Å². The lowest BCUT2D eigenvalue weighted by Crippen LogP contribution is -2.75. The van der Waals surface area contributed by atoms with Gasteiger partial charge in [-0.05, 0) is 0 Å². The molecule has 0 aromatic heterocycles. The smallest absolute Gasteiger partial charge is 0.460 e. The molecule has 0 aliphatic heterocycles. The molecule has 0 amide bonds. The van der Waals surface area contributed by atoms with Crippen molar-refractivity contribution in [2.24, 2.45) is 0 Å². The summed E-state index contributed by atoms with van der Waals surface area (Å²) in [4.78, 5) is 10.7. The summed E-state index contributed by atoms with van der Waals surface area (Å²) in [5, 5.41) is -6.36. The molecule has 0 heterocycles. The number of carbonyl (C=O) groups is 1. The Morgan fingerprint density at radius 3 is 1.38 bits per heavy atom. The van der Waals surface area contributed by atoms with E-state index < -0.39 is 81.8 Å². The molecule has 0 aromatic rings. The Bertz CT molecular complexity index is 958. The largest absolute Gasteiger partial charge is 0.461 e. The van der Waals surface area contributed by atoms with Crippen LogP contribution in [0.2, 0.25) is 0 Å². The number of hydrogen-bond donors (Lipinski definition) is 1. The molecule has 0 aliphatic rings. The summed E-state index contributed by atoms with van der Waals surface area (Å²) in [6, 6.07) is 0. The van der Waals surface area contributed by atoms with Crippen LogP contribution in [0.15, 0.2) is 12.7 Å². The minimum absolute atomic E-state index is 0.498. The Labute approximate surface area is 193 Å². The average molecular weight is 611 g/mol. The zero-order chi connectivity index (χ0) is 30.3. The van der Waals surface area contributed by atoms with Crippen LogP contribution in [0.4, 0.5) is 74.6 Å². The standard InChI is InChI=1S/C14H10F17NO4S/c1-2-6(33)36-4-3-32-5-37(34,35)14(30,31)12(25,26)10(21,22)8(17,18)7(15,16)9(19,20)11(23,24)13(27,28)29/h2,32H,1,3-5H2. The molecule has 0 bridgehead atoms. The van der Waals surface area contributed by atoms with Gasteiger partial charge < -0.3 is 10.1 Å². The molecule has 23 heteroatoms. The van der Waals surface area contributed by atoms with Crippen LogP contribution in [0.3, 0.4) is 0 Å². The van der Waals surface area contributed by atoms with Crippen molar-refractivity contribution in [3.05, 3.63) is 12.7 Å². The van der Waals surface area contributed by atoms with Crippen LogP contribution in [0.25, 0.3) is 0 Å². The first kappa shape index (κ1) is 34.9. The van der Waals surface area contributed by atoms with Crippen molar-refractivity contribution in [1.82, 2.24) is 5.32 Å². The van der Waals surface area contributed by atoms with Gasteiger partial charge in [-0.1, -0.05) is 6.58 Å². The SMILES string of the molecule is C=CC(=O)OCCNCS(=O)(=O)C(F)(F)C(F)(F)C(F)(F)C(F)(F)C(F)(F)C(F)(F)C(F)(F)C(F)(F)F. The van der Waals surface area contributed by atoms with Gasteiger partial charge in [-0.15, -0.1) is 0 Å². The van der Waals surface area contributed by atoms with Crippen LogP contribution in [0, 0.1) is 0 Å². The molecule has 0 atom stereocenters. The molecule has 0 aromatic carbocycles. The quantitative estimate of drug-likeness (QED) is 0.142. The predicted molar refractivity (Wildman–Crippen MR) is 83.6 cm³/mol. The van der Waals surface area contributed by atoms with E-state index >= 15 is 0 Å². The maximum absolute atomic E-state index is 13.8. The molecule has 0 unspecified atom stereocenters. The van der Waals surface area contributed by atoms with Crippen LogP contribution in [0.1, 0.15) is 0 Å². The highest BCUT2D eigenvalue weighted by atomic mass is 32.2. The van der Waals surface area contributed by atoms with Crippen molar-refractivity contribution >= 4 is 15.8 Å². The summed E-state index contributed by atoms with van der Waals surface area (Å²) in [6.45, 7) is 0.837. The monoisotopic (exact) mass is 611 g/mol. The van der Waals surface area contributed by atoms with Gasteiger partial charge in [0.15, 0.2) is 0 Å². The Morgan fingerprint density at radius 1 is 0.676 bits per heavy atom. The normalized spacial score (nSPS) is 15.5. The molecule has 0 aliphatic carbocycles. The second-order valence-corrected chi connectivity index (χ2v) is 8.62. The first-order valence-corrected chi connectivity index (χ1v) is 10.0. The van der Waals surface area contributed by atoms with Crippen LogP contribution in [-0.4, -0.2) is 80.4 Å². The third kappa shape index (κ3) is 5.28. The van der Waals surface area contributed by atoms with Gasteiger partial charge in [0.25, 0.3) is 0 Å². The molecule has 0 fully saturated rings. The number of hydrogen-bond acceptors (Lipinski definition) is 5. The summed E-state index contributed by atoms with van der Waals surface area (Å²) in [5.74, 6) is -55.7. The topological polar surface area (TPSA) is 72.5 Å². The predicted octanol–water partition coefficient (Wildman–Crippen LogP) is 4.64. The Balaban J connectivity index is 6.40. The first-order valence-electron chi connectivity index (χ1n) is 8.39. The second kappa shape index (κ2) is 9.91. The Morgan fingerprint density at radius 2 is 1.03 bits per heavy atom. The van der Waals surface area contributed by atoms with E-state index in [-0.39, 0.29) is 0 Å². The maximum Gasteiger partial charge on any atom is 0.460 e. The zero-order valence-electron chi connectivity index (χ0n) is 16.9. The summed E-state index contributed by atoms with van der Waals surface area (Å²) in [6.07, 6.45) is -7.40. The number of rotatable bonds is 13. The Kier molecular flexibility index (Phi) is 9.36. The van der Waals surface area contributed by atoms with Crippen molar-refractivity contribution in [2.45, 2.75) is 47.0 Å². The zero-order valence-corrected chi connectivity index (χ0v) is 17.7. The fourth-order valence-electron chi connectivity index (χ4n) is 1.92. The van der Waals surface area contributed by atoms with E-state index in [0.717, 1.165) is 0 Å². The van der Waals surface area contributed by atoms with Gasteiger partial charge in [-0.2, -0.15) is 74.6 Å². The molecule has 37 heavy (non-hydrogen) atoms. The molecule has 0 spiro atoms. The van der Waals surface area contributed by atoms with E-state index in [9.17, 15) is 87.8 Å². The molecule has 0 saturated carbocycles. The molecule has 0 rings (SSSR count). The molecule has 1 N–H and O–H groups in total. The molecular weight excluding hydrogens is 601 g/mol. The summed E-state index contributed by atoms with van der Waals surface area (Å²) in [7, 11) is -7.23. The van der Waals surface area contributed by atoms with Gasteiger partial charge in [0.05, 0.1) is 0 Å². The highest BCUT2D eigenvalue weighted by Gasteiger charge is 2.96. The summed E-state index contributed by atoms with van der Waals surface area (Å²) in [5.41, 5.74) is 0. The van der Waals surface area contributed by atoms with E-state index in [1.807, 2.05) is 0 Å². The second-order valence-electron chi connectivity index (χ2n) is 6.59. The number of alkyl halides is 17. The third-order valence-electron chi connectivity index (χ3n) is 4.07. The summed E-state index contributed by atoms with van der Waals surface area (Å²) < 4.78 is 250. The van der Waals surface area contributed by atoms with Crippen molar-refractivity contribution in [1.29, 1.82) is 0 Å². The molecule has 5 nitrogen and oxygen atoms in total. The van der Waals surface area contributed by atoms with Crippen LogP contribution >= 0.6 is 0 Å². The lowest BCUT2D eigenvalue weighted by Gasteiger charge is -2.42. The van der Waals surface area contributed by atoms with E-state index in [2.05, 4.69) is 11.3 Å². The van der Waals surface area contributed by atoms with E-state index in [0.29, 0.717) is 6.08 Å². The minimum atomic E-state index is -8.88. The van der Waals surface area contributed by atoms with E-state index in [1.54, 1.807) is 0 Å². The third-order valence-corrected chi connectivity index (χ3v) is 5.69. The van der Waals surface area contributed by atoms with Gasteiger partial charge in [-0.3, -0.25) is 0 Å². The molecule has 0 saturated heterocycles. The number of nitrogens with one attached hydrogen (secondary N) is 1. The van der Waals surface area contributed by atoms with Crippen molar-refractivity contribution in [2.75, 3.05) is 19.0 Å². The van der Waals surface area contributed by atoms with Crippen molar-refractivity contribution in [3.63, 3.8) is 0 Å². The van der Waals surface area contributed by atoms with Gasteiger partial charge in [0.2, 0.25) is 9.84 Å². The summed E-state index contributed by atoms with van der Waals surface area (Å²) >= 11 is 0. The highest BCUT2D eigenvalue weighted by molar-refractivity contribution is 7.92. The van der Waals surface area contributed by atoms with E-state index in [4.69, 9.17) is 0 Å². The van der Waals surface area contributed by atoms with Crippen LogP contribution in [-0.2, 0) is 19.4 Å².